The third-order valence-electron chi connectivity index (χ3n) is 5.45. The van der Waals surface area contributed by atoms with Crippen molar-refractivity contribution in [2.45, 2.75) is 64.6 Å². The highest BCUT2D eigenvalue weighted by molar-refractivity contribution is 7.99. The number of aromatic nitrogens is 3. The number of anilines is 1. The minimum Gasteiger partial charge on any atom is -0.490 e. The standard InChI is InChI=1S/C26H36N4O4S/c1-6-10-15-33-20-13-12-19(17-21(20)32-9-4)23-22(24(31)34-14-8-3)18(5)27-25-28-26(29-30(23)25)35-16-11-7-2/h8,12-13,17,23H,3,6-7,9-11,14-16H2,1-2,4-5H3,(H,27,28,29). The highest BCUT2D eigenvalue weighted by Gasteiger charge is 2.35. The Bertz CT molecular complexity index is 1050. The zero-order valence-corrected chi connectivity index (χ0v) is 22.0. The molecule has 0 saturated heterocycles. The van der Waals surface area contributed by atoms with Gasteiger partial charge in [-0.3, -0.25) is 0 Å². The van der Waals surface area contributed by atoms with Crippen LogP contribution < -0.4 is 14.8 Å². The van der Waals surface area contributed by atoms with Gasteiger partial charge in [-0.15, -0.1) is 5.10 Å². The number of hydrogen-bond donors (Lipinski definition) is 1. The van der Waals surface area contributed by atoms with Crippen LogP contribution >= 0.6 is 11.8 Å². The number of rotatable bonds is 14. The van der Waals surface area contributed by atoms with Crippen molar-refractivity contribution >= 4 is 23.7 Å². The van der Waals surface area contributed by atoms with Crippen molar-refractivity contribution in [2.24, 2.45) is 0 Å². The topological polar surface area (TPSA) is 87.5 Å². The lowest BCUT2D eigenvalue weighted by Crippen LogP contribution is -2.29. The van der Waals surface area contributed by atoms with Gasteiger partial charge in [-0.1, -0.05) is 57.2 Å². The lowest BCUT2D eigenvalue weighted by molar-refractivity contribution is -0.138. The van der Waals surface area contributed by atoms with Gasteiger partial charge >= 0.3 is 5.97 Å². The first-order valence-electron chi connectivity index (χ1n) is 12.3. The Morgan fingerprint density at radius 1 is 1.20 bits per heavy atom. The van der Waals surface area contributed by atoms with E-state index in [1.54, 1.807) is 22.5 Å². The van der Waals surface area contributed by atoms with E-state index in [9.17, 15) is 4.79 Å². The van der Waals surface area contributed by atoms with E-state index in [0.29, 0.717) is 47.1 Å². The molecule has 35 heavy (non-hydrogen) atoms. The van der Waals surface area contributed by atoms with Gasteiger partial charge in [0.1, 0.15) is 12.6 Å². The van der Waals surface area contributed by atoms with Crippen molar-refractivity contribution < 1.29 is 19.0 Å². The summed E-state index contributed by atoms with van der Waals surface area (Å²) in [6.45, 7) is 13.0. The number of benzene rings is 1. The van der Waals surface area contributed by atoms with Gasteiger partial charge < -0.3 is 19.5 Å². The summed E-state index contributed by atoms with van der Waals surface area (Å²) >= 11 is 1.61. The van der Waals surface area contributed by atoms with E-state index in [-0.39, 0.29) is 6.61 Å². The number of thioether (sulfide) groups is 1. The smallest absolute Gasteiger partial charge is 0.338 e. The van der Waals surface area contributed by atoms with Crippen LogP contribution in [0.25, 0.3) is 0 Å². The van der Waals surface area contributed by atoms with Crippen LogP contribution in [0.5, 0.6) is 11.5 Å². The molecule has 0 fully saturated rings. The van der Waals surface area contributed by atoms with Gasteiger partial charge in [0, 0.05) is 11.4 Å². The van der Waals surface area contributed by atoms with Crippen LogP contribution in [0.3, 0.4) is 0 Å². The quantitative estimate of drug-likeness (QED) is 0.151. The Balaban J connectivity index is 2.04. The molecule has 190 valence electrons. The molecule has 0 amide bonds. The lowest BCUT2D eigenvalue weighted by atomic mass is 9.95. The Morgan fingerprint density at radius 3 is 2.71 bits per heavy atom. The van der Waals surface area contributed by atoms with Gasteiger partial charge in [-0.2, -0.15) is 4.98 Å². The first-order valence-corrected chi connectivity index (χ1v) is 13.3. The molecule has 1 aliphatic heterocycles. The zero-order chi connectivity index (χ0) is 25.2. The fourth-order valence-electron chi connectivity index (χ4n) is 3.69. The summed E-state index contributed by atoms with van der Waals surface area (Å²) in [4.78, 5) is 17.8. The Kier molecular flexibility index (Phi) is 10.1. The molecular formula is C26H36N4O4S. The molecule has 2 aromatic rings. The first kappa shape index (κ1) is 26.7. The number of carbonyl (C=O) groups excluding carboxylic acids is 1. The van der Waals surface area contributed by atoms with Gasteiger partial charge in [0.15, 0.2) is 11.5 Å². The van der Waals surface area contributed by atoms with Crippen LogP contribution in [0.2, 0.25) is 0 Å². The van der Waals surface area contributed by atoms with Crippen LogP contribution in [0.1, 0.15) is 65.0 Å². The number of fused-ring (bicyclic) bond motifs is 1. The molecule has 1 atom stereocenters. The third-order valence-corrected chi connectivity index (χ3v) is 6.38. The summed E-state index contributed by atoms with van der Waals surface area (Å²) < 4.78 is 19.1. The average Bonchev–Trinajstić information content (AvgIpc) is 3.25. The normalized spacial score (nSPS) is 14.8. The molecule has 0 radical (unpaired) electrons. The number of esters is 1. The first-order chi connectivity index (χ1) is 17.0. The second-order valence-electron chi connectivity index (χ2n) is 8.16. The Morgan fingerprint density at radius 2 is 2.00 bits per heavy atom. The van der Waals surface area contributed by atoms with E-state index >= 15 is 0 Å². The number of unbranched alkanes of at least 4 members (excludes halogenated alkanes) is 2. The number of carbonyl (C=O) groups is 1. The maximum atomic E-state index is 13.1. The molecule has 1 N–H and O–H groups in total. The molecule has 0 spiro atoms. The molecule has 1 unspecified atom stereocenters. The van der Waals surface area contributed by atoms with E-state index in [1.165, 1.54) is 0 Å². The summed E-state index contributed by atoms with van der Waals surface area (Å²) in [5, 5.41) is 8.67. The van der Waals surface area contributed by atoms with E-state index in [4.69, 9.17) is 19.3 Å². The van der Waals surface area contributed by atoms with Crippen LogP contribution in [0.4, 0.5) is 5.95 Å². The van der Waals surface area contributed by atoms with Crippen molar-refractivity contribution in [1.82, 2.24) is 14.8 Å². The van der Waals surface area contributed by atoms with Crippen LogP contribution in [0, 0.1) is 0 Å². The van der Waals surface area contributed by atoms with Gasteiger partial charge in [0.25, 0.3) is 0 Å². The van der Waals surface area contributed by atoms with Gasteiger partial charge in [-0.05, 0) is 44.4 Å². The summed E-state index contributed by atoms with van der Waals surface area (Å²) in [5.74, 6) is 2.42. The molecule has 8 nitrogen and oxygen atoms in total. The average molecular weight is 501 g/mol. The fraction of sp³-hybridized carbons (Fsp3) is 0.500. The SMILES string of the molecule is C=CCOC(=O)C1=C(C)Nc2nc(SCCCC)nn2C1c1ccc(OCCCC)c(OCC)c1. The molecule has 1 aliphatic rings. The minimum absolute atomic E-state index is 0.124. The molecule has 2 heterocycles. The Hall–Kier alpha value is -2.94. The molecule has 1 aromatic carbocycles. The van der Waals surface area contributed by atoms with E-state index in [2.05, 4.69) is 30.7 Å². The molecule has 3 rings (SSSR count). The van der Waals surface area contributed by atoms with Crippen molar-refractivity contribution in [3.63, 3.8) is 0 Å². The minimum atomic E-state index is -0.527. The third kappa shape index (κ3) is 6.60. The fourth-order valence-corrected chi connectivity index (χ4v) is 4.61. The number of ether oxygens (including phenoxy) is 3. The molecule has 9 heteroatoms. The lowest BCUT2D eigenvalue weighted by Gasteiger charge is -2.28. The molecule has 0 aliphatic carbocycles. The Labute approximate surface area is 212 Å². The number of hydrogen-bond acceptors (Lipinski definition) is 8. The van der Waals surface area contributed by atoms with Crippen LogP contribution in [-0.2, 0) is 9.53 Å². The van der Waals surface area contributed by atoms with Gasteiger partial charge in [-0.25, -0.2) is 9.48 Å². The summed E-state index contributed by atoms with van der Waals surface area (Å²) in [7, 11) is 0. The number of nitrogens with one attached hydrogen (secondary N) is 1. The summed E-state index contributed by atoms with van der Waals surface area (Å²) in [5.41, 5.74) is 1.98. The molecule has 1 aromatic heterocycles. The van der Waals surface area contributed by atoms with Crippen LogP contribution in [0.15, 0.2) is 47.3 Å². The van der Waals surface area contributed by atoms with Crippen molar-refractivity contribution in [3.05, 3.63) is 47.7 Å². The predicted octanol–water partition coefficient (Wildman–Crippen LogP) is 5.77. The van der Waals surface area contributed by atoms with Crippen LogP contribution in [-0.4, -0.2) is 46.3 Å². The second kappa shape index (κ2) is 13.2. The molecule has 0 saturated carbocycles. The zero-order valence-electron chi connectivity index (χ0n) is 21.1. The highest BCUT2D eigenvalue weighted by Crippen LogP contribution is 2.40. The van der Waals surface area contributed by atoms with Gasteiger partial charge in [0.2, 0.25) is 11.1 Å². The van der Waals surface area contributed by atoms with Crippen molar-refractivity contribution in [3.8, 4) is 11.5 Å². The van der Waals surface area contributed by atoms with E-state index in [1.807, 2.05) is 32.0 Å². The summed E-state index contributed by atoms with van der Waals surface area (Å²) in [6.07, 6.45) is 5.75. The maximum absolute atomic E-state index is 13.1. The molecular weight excluding hydrogens is 464 g/mol. The second-order valence-corrected chi connectivity index (χ2v) is 9.22. The number of nitrogens with zero attached hydrogens (tertiary/aromatic N) is 3. The number of allylic oxidation sites excluding steroid dienone is 1. The van der Waals surface area contributed by atoms with Gasteiger partial charge in [0.05, 0.1) is 18.8 Å². The predicted molar refractivity (Wildman–Crippen MR) is 139 cm³/mol. The maximum Gasteiger partial charge on any atom is 0.338 e. The highest BCUT2D eigenvalue weighted by atomic mass is 32.2. The van der Waals surface area contributed by atoms with E-state index < -0.39 is 12.0 Å². The largest absolute Gasteiger partial charge is 0.490 e. The monoisotopic (exact) mass is 500 g/mol. The summed E-state index contributed by atoms with van der Waals surface area (Å²) in [6, 6.07) is 5.24. The molecule has 0 bridgehead atoms. The van der Waals surface area contributed by atoms with E-state index in [0.717, 1.165) is 37.0 Å². The van der Waals surface area contributed by atoms with Crippen molar-refractivity contribution in [1.29, 1.82) is 0 Å². The van der Waals surface area contributed by atoms with Crippen molar-refractivity contribution in [2.75, 3.05) is 30.9 Å².